The van der Waals surface area contributed by atoms with Gasteiger partial charge in [0.1, 0.15) is 0 Å². The van der Waals surface area contributed by atoms with E-state index in [1.807, 2.05) is 28.8 Å². The zero-order valence-corrected chi connectivity index (χ0v) is 16.0. The smallest absolute Gasteiger partial charge is 0.358 e. The van der Waals surface area contributed by atoms with E-state index in [1.165, 1.54) is 0 Å². The van der Waals surface area contributed by atoms with E-state index in [4.69, 9.17) is 14.5 Å². The number of carbonyl (C=O) groups is 1. The highest BCUT2D eigenvalue weighted by atomic mass is 16.5. The first-order valence-corrected chi connectivity index (χ1v) is 9.56. The minimum absolute atomic E-state index is 0.266. The Morgan fingerprint density at radius 3 is 2.93 bits per heavy atom. The van der Waals surface area contributed by atoms with Gasteiger partial charge in [0.15, 0.2) is 17.2 Å². The molecular formula is C20H20N6O3. The second-order valence-corrected chi connectivity index (χ2v) is 6.76. The molecule has 0 saturated carbocycles. The molecule has 9 heteroatoms. The minimum atomic E-state index is -0.442. The molecule has 1 aliphatic rings. The lowest BCUT2D eigenvalue weighted by Gasteiger charge is -2.28. The monoisotopic (exact) mass is 392 g/mol. The molecule has 0 aliphatic carbocycles. The Kier molecular flexibility index (Phi) is 4.36. The summed E-state index contributed by atoms with van der Waals surface area (Å²) in [5.74, 6) is 0.282. The molecule has 4 aromatic rings. The number of H-pyrrole nitrogens is 1. The van der Waals surface area contributed by atoms with Crippen molar-refractivity contribution in [2.45, 2.75) is 6.92 Å². The third kappa shape index (κ3) is 3.09. The summed E-state index contributed by atoms with van der Waals surface area (Å²) in [6.45, 7) is 4.75. The second-order valence-electron chi connectivity index (χ2n) is 6.76. The maximum Gasteiger partial charge on any atom is 0.358 e. The largest absolute Gasteiger partial charge is 0.461 e. The molecule has 0 amide bonds. The van der Waals surface area contributed by atoms with E-state index in [1.54, 1.807) is 19.3 Å². The third-order valence-electron chi connectivity index (χ3n) is 4.98. The van der Waals surface area contributed by atoms with Crippen molar-refractivity contribution in [3.8, 4) is 11.3 Å². The first-order chi connectivity index (χ1) is 14.2. The van der Waals surface area contributed by atoms with Crippen LogP contribution in [0, 0.1) is 0 Å². The number of esters is 1. The van der Waals surface area contributed by atoms with Crippen LogP contribution in [0.2, 0.25) is 0 Å². The summed E-state index contributed by atoms with van der Waals surface area (Å²) in [6, 6.07) is 5.95. The lowest BCUT2D eigenvalue weighted by molar-refractivity contribution is 0.0520. The van der Waals surface area contributed by atoms with E-state index in [0.29, 0.717) is 38.6 Å². The van der Waals surface area contributed by atoms with Gasteiger partial charge in [-0.25, -0.2) is 14.8 Å². The predicted molar refractivity (Wildman–Crippen MR) is 107 cm³/mol. The fraction of sp³-hybridized carbons (Fsp3) is 0.300. The number of hydrogen-bond donors (Lipinski definition) is 1. The van der Waals surface area contributed by atoms with Crippen LogP contribution >= 0.6 is 0 Å². The summed E-state index contributed by atoms with van der Waals surface area (Å²) >= 11 is 0. The van der Waals surface area contributed by atoms with E-state index in [2.05, 4.69) is 20.1 Å². The van der Waals surface area contributed by atoms with E-state index in [-0.39, 0.29) is 5.69 Å². The molecule has 0 bridgehead atoms. The number of rotatable bonds is 4. The fourth-order valence-electron chi connectivity index (χ4n) is 3.59. The number of benzene rings is 1. The number of fused-ring (bicyclic) bond motifs is 2. The van der Waals surface area contributed by atoms with Crippen molar-refractivity contribution in [2.75, 3.05) is 37.8 Å². The summed E-state index contributed by atoms with van der Waals surface area (Å²) in [5, 5.41) is 8.13. The van der Waals surface area contributed by atoms with Crippen molar-refractivity contribution in [3.63, 3.8) is 0 Å². The topological polar surface area (TPSA) is 97.6 Å². The number of aromatic amines is 1. The number of aromatic nitrogens is 5. The zero-order chi connectivity index (χ0) is 19.8. The zero-order valence-electron chi connectivity index (χ0n) is 16.0. The van der Waals surface area contributed by atoms with Crippen LogP contribution in [0.4, 0.5) is 5.82 Å². The van der Waals surface area contributed by atoms with Gasteiger partial charge in [0, 0.05) is 36.4 Å². The molecule has 1 saturated heterocycles. The predicted octanol–water partition coefficient (Wildman–Crippen LogP) is 2.29. The second kappa shape index (κ2) is 7.17. The number of carbonyl (C=O) groups excluding carboxylic acids is 1. The van der Waals surface area contributed by atoms with Crippen molar-refractivity contribution in [2.24, 2.45) is 0 Å². The van der Waals surface area contributed by atoms with Gasteiger partial charge in [-0.2, -0.15) is 5.10 Å². The van der Waals surface area contributed by atoms with Gasteiger partial charge >= 0.3 is 5.97 Å². The molecule has 1 aliphatic heterocycles. The Balaban J connectivity index is 1.70. The van der Waals surface area contributed by atoms with Crippen molar-refractivity contribution in [1.82, 2.24) is 24.6 Å². The van der Waals surface area contributed by atoms with Gasteiger partial charge in [-0.3, -0.25) is 5.10 Å². The third-order valence-corrected chi connectivity index (χ3v) is 4.98. The van der Waals surface area contributed by atoms with Gasteiger partial charge in [0.05, 0.1) is 37.2 Å². The lowest BCUT2D eigenvalue weighted by atomic mass is 10.1. The SMILES string of the molecule is CCOC(=O)c1cn2cc(-c3cccc4[nH]ncc34)nc(N3CCOCC3)c2n1. The van der Waals surface area contributed by atoms with Crippen molar-refractivity contribution in [3.05, 3.63) is 42.5 Å². The van der Waals surface area contributed by atoms with Gasteiger partial charge in [-0.15, -0.1) is 0 Å². The van der Waals surface area contributed by atoms with Gasteiger partial charge in [0.2, 0.25) is 0 Å². The van der Waals surface area contributed by atoms with Crippen LogP contribution in [-0.4, -0.2) is 63.4 Å². The average molecular weight is 392 g/mol. The van der Waals surface area contributed by atoms with Crippen molar-refractivity contribution >= 4 is 28.3 Å². The normalized spacial score (nSPS) is 14.6. The van der Waals surface area contributed by atoms with Gasteiger partial charge in [0.25, 0.3) is 0 Å². The maximum absolute atomic E-state index is 12.2. The summed E-state index contributed by atoms with van der Waals surface area (Å²) in [6.07, 6.45) is 5.37. The molecule has 1 aromatic carbocycles. The molecule has 4 heterocycles. The quantitative estimate of drug-likeness (QED) is 0.532. The minimum Gasteiger partial charge on any atom is -0.461 e. The number of nitrogens with one attached hydrogen (secondary N) is 1. The van der Waals surface area contributed by atoms with Gasteiger partial charge in [-0.05, 0) is 13.0 Å². The molecule has 5 rings (SSSR count). The van der Waals surface area contributed by atoms with Gasteiger partial charge in [-0.1, -0.05) is 12.1 Å². The van der Waals surface area contributed by atoms with Crippen LogP contribution in [-0.2, 0) is 9.47 Å². The number of morpholine rings is 1. The molecule has 0 unspecified atom stereocenters. The Labute approximate surface area is 166 Å². The number of anilines is 1. The molecular weight excluding hydrogens is 372 g/mol. The standard InChI is InChI=1S/C20H20N6O3/c1-2-29-20(27)17-12-26-11-16(13-4-3-5-15-14(13)10-21-24-15)22-18(19(26)23-17)25-6-8-28-9-7-25/h3-5,10-12H,2,6-9H2,1H3,(H,21,24). The summed E-state index contributed by atoms with van der Waals surface area (Å²) in [4.78, 5) is 23.8. The number of ether oxygens (including phenoxy) is 2. The highest BCUT2D eigenvalue weighted by Crippen LogP contribution is 2.30. The van der Waals surface area contributed by atoms with E-state index in [0.717, 1.165) is 28.0 Å². The highest BCUT2D eigenvalue weighted by Gasteiger charge is 2.22. The Morgan fingerprint density at radius 2 is 2.10 bits per heavy atom. The van der Waals surface area contributed by atoms with Crippen molar-refractivity contribution in [1.29, 1.82) is 0 Å². The van der Waals surface area contributed by atoms with Crippen LogP contribution in [0.1, 0.15) is 17.4 Å². The Morgan fingerprint density at radius 1 is 1.24 bits per heavy atom. The number of hydrogen-bond acceptors (Lipinski definition) is 7. The molecule has 0 spiro atoms. The summed E-state index contributed by atoms with van der Waals surface area (Å²) in [5.41, 5.74) is 3.56. The number of nitrogens with zero attached hydrogens (tertiary/aromatic N) is 5. The fourth-order valence-corrected chi connectivity index (χ4v) is 3.59. The first-order valence-electron chi connectivity index (χ1n) is 9.56. The van der Waals surface area contributed by atoms with E-state index >= 15 is 0 Å². The molecule has 29 heavy (non-hydrogen) atoms. The van der Waals surface area contributed by atoms with Crippen molar-refractivity contribution < 1.29 is 14.3 Å². The molecule has 1 N–H and O–H groups in total. The van der Waals surface area contributed by atoms with E-state index in [9.17, 15) is 4.79 Å². The summed E-state index contributed by atoms with van der Waals surface area (Å²) < 4.78 is 12.5. The Hall–Kier alpha value is -3.46. The molecule has 0 radical (unpaired) electrons. The average Bonchev–Trinajstić information content (AvgIpc) is 3.40. The van der Waals surface area contributed by atoms with Crippen LogP contribution < -0.4 is 4.90 Å². The van der Waals surface area contributed by atoms with E-state index < -0.39 is 5.97 Å². The maximum atomic E-state index is 12.2. The van der Waals surface area contributed by atoms with Crippen LogP contribution in [0.25, 0.3) is 27.8 Å². The molecule has 148 valence electrons. The number of imidazole rings is 1. The molecule has 0 atom stereocenters. The Bertz CT molecular complexity index is 1190. The molecule has 9 nitrogen and oxygen atoms in total. The lowest BCUT2D eigenvalue weighted by Crippen LogP contribution is -2.37. The summed E-state index contributed by atoms with van der Waals surface area (Å²) in [7, 11) is 0. The first kappa shape index (κ1) is 17.6. The molecule has 3 aromatic heterocycles. The van der Waals surface area contributed by atoms with Crippen LogP contribution in [0.5, 0.6) is 0 Å². The van der Waals surface area contributed by atoms with Crippen LogP contribution in [0.3, 0.4) is 0 Å². The van der Waals surface area contributed by atoms with Crippen LogP contribution in [0.15, 0.2) is 36.8 Å². The highest BCUT2D eigenvalue weighted by molar-refractivity contribution is 5.94. The molecule has 1 fully saturated rings. The van der Waals surface area contributed by atoms with Gasteiger partial charge < -0.3 is 18.8 Å².